The van der Waals surface area contributed by atoms with Crippen LogP contribution in [0.3, 0.4) is 0 Å². The van der Waals surface area contributed by atoms with Gasteiger partial charge in [-0.1, -0.05) is 17.7 Å². The molecule has 1 aromatic heterocycles. The molecule has 0 N–H and O–H groups in total. The summed E-state index contributed by atoms with van der Waals surface area (Å²) in [7, 11) is 0. The molecule has 1 aliphatic heterocycles. The third-order valence-electron chi connectivity index (χ3n) is 3.08. The molecule has 0 saturated carbocycles. The molecular formula is C16H11ClFNO3. The number of carbonyl (C=O) groups is 1. The van der Waals surface area contributed by atoms with E-state index < -0.39 is 11.6 Å². The number of carbonyl (C=O) groups excluding carboxylic acids is 1. The van der Waals surface area contributed by atoms with E-state index in [1.165, 1.54) is 18.3 Å². The Morgan fingerprint density at radius 3 is 2.95 bits per heavy atom. The van der Waals surface area contributed by atoms with Gasteiger partial charge in [0.25, 0.3) is 0 Å². The van der Waals surface area contributed by atoms with Crippen LogP contribution >= 0.6 is 11.6 Å². The number of ether oxygens (including phenoxy) is 2. The van der Waals surface area contributed by atoms with Crippen molar-refractivity contribution in [2.75, 3.05) is 13.2 Å². The Labute approximate surface area is 131 Å². The van der Waals surface area contributed by atoms with Gasteiger partial charge in [-0.15, -0.1) is 0 Å². The maximum absolute atomic E-state index is 13.5. The molecule has 0 bridgehead atoms. The molecule has 1 aliphatic rings. The Morgan fingerprint density at radius 1 is 1.32 bits per heavy atom. The summed E-state index contributed by atoms with van der Waals surface area (Å²) in [6.07, 6.45) is 5.19. The first-order chi connectivity index (χ1) is 10.6. The number of pyridine rings is 1. The molecule has 2 aromatic rings. The van der Waals surface area contributed by atoms with Gasteiger partial charge in [-0.05, 0) is 29.8 Å². The quantitative estimate of drug-likeness (QED) is 0.641. The summed E-state index contributed by atoms with van der Waals surface area (Å²) in [6, 6.07) is 4.70. The zero-order chi connectivity index (χ0) is 15.5. The van der Waals surface area contributed by atoms with Gasteiger partial charge >= 0.3 is 0 Å². The lowest BCUT2D eigenvalue weighted by molar-refractivity contribution is 0.104. The van der Waals surface area contributed by atoms with Gasteiger partial charge in [0.2, 0.25) is 0 Å². The Morgan fingerprint density at radius 2 is 2.14 bits per heavy atom. The Bertz CT molecular complexity index is 761. The van der Waals surface area contributed by atoms with E-state index >= 15 is 0 Å². The summed E-state index contributed by atoms with van der Waals surface area (Å²) in [5.74, 6) is -0.0826. The molecule has 1 aromatic carbocycles. The molecule has 2 heterocycles. The molecule has 6 heteroatoms. The molecule has 0 fully saturated rings. The normalized spacial score (nSPS) is 13.4. The van der Waals surface area contributed by atoms with Gasteiger partial charge in [-0.25, -0.2) is 4.39 Å². The van der Waals surface area contributed by atoms with Crippen molar-refractivity contribution in [2.24, 2.45) is 0 Å². The lowest BCUT2D eigenvalue weighted by atomic mass is 10.1. The first-order valence-corrected chi connectivity index (χ1v) is 6.94. The monoisotopic (exact) mass is 319 g/mol. The fourth-order valence-corrected chi connectivity index (χ4v) is 2.34. The fraction of sp³-hybridized carbons (Fsp3) is 0.125. The maximum Gasteiger partial charge on any atom is 0.188 e. The molecule has 0 amide bonds. The van der Waals surface area contributed by atoms with E-state index in [4.69, 9.17) is 21.1 Å². The van der Waals surface area contributed by atoms with E-state index in [0.717, 1.165) is 6.20 Å². The van der Waals surface area contributed by atoms with Crippen molar-refractivity contribution in [3.8, 4) is 11.5 Å². The molecule has 0 spiro atoms. The standard InChI is InChI=1S/C16H11ClFNO3/c17-12-7-10(8-15-16(12)22-6-5-21-15)1-2-14(20)11-3-4-19-9-13(11)18/h1-4,7-9H,5-6H2/b2-1+. The van der Waals surface area contributed by atoms with E-state index in [1.54, 1.807) is 18.2 Å². The van der Waals surface area contributed by atoms with Crippen molar-refractivity contribution in [2.45, 2.75) is 0 Å². The van der Waals surface area contributed by atoms with E-state index in [-0.39, 0.29) is 5.56 Å². The lowest BCUT2D eigenvalue weighted by Crippen LogP contribution is -2.15. The SMILES string of the molecule is O=C(/C=C/c1cc(Cl)c2c(c1)OCCO2)c1ccncc1F. The third-order valence-corrected chi connectivity index (χ3v) is 3.36. The van der Waals surface area contributed by atoms with Crippen LogP contribution in [0.1, 0.15) is 15.9 Å². The summed E-state index contributed by atoms with van der Waals surface area (Å²) in [4.78, 5) is 15.6. The van der Waals surface area contributed by atoms with E-state index in [9.17, 15) is 9.18 Å². The number of nitrogens with zero attached hydrogens (tertiary/aromatic N) is 1. The van der Waals surface area contributed by atoms with Gasteiger partial charge in [0.1, 0.15) is 13.2 Å². The number of allylic oxidation sites excluding steroid dienone is 1. The molecule has 3 rings (SSSR count). The highest BCUT2D eigenvalue weighted by atomic mass is 35.5. The van der Waals surface area contributed by atoms with Gasteiger partial charge in [0.15, 0.2) is 23.1 Å². The molecule has 22 heavy (non-hydrogen) atoms. The first kappa shape index (κ1) is 14.5. The second kappa shape index (κ2) is 6.15. The van der Waals surface area contributed by atoms with Gasteiger partial charge in [-0.2, -0.15) is 0 Å². The van der Waals surface area contributed by atoms with Gasteiger partial charge in [0.05, 0.1) is 16.8 Å². The second-order valence-corrected chi connectivity index (χ2v) is 4.99. The number of fused-ring (bicyclic) bond motifs is 1. The Hall–Kier alpha value is -2.40. The molecule has 0 saturated heterocycles. The topological polar surface area (TPSA) is 48.4 Å². The largest absolute Gasteiger partial charge is 0.486 e. The van der Waals surface area contributed by atoms with Crippen LogP contribution in [0.2, 0.25) is 5.02 Å². The molecule has 0 radical (unpaired) electrons. The zero-order valence-corrected chi connectivity index (χ0v) is 12.1. The Balaban J connectivity index is 1.85. The summed E-state index contributed by atoms with van der Waals surface area (Å²) in [5, 5.41) is 0.402. The molecule has 0 unspecified atom stereocenters. The molecule has 112 valence electrons. The fourth-order valence-electron chi connectivity index (χ4n) is 2.06. The van der Waals surface area contributed by atoms with E-state index in [2.05, 4.69) is 4.98 Å². The maximum atomic E-state index is 13.5. The van der Waals surface area contributed by atoms with E-state index in [1.807, 2.05) is 0 Å². The number of ketones is 1. The first-order valence-electron chi connectivity index (χ1n) is 6.56. The van der Waals surface area contributed by atoms with Crippen LogP contribution < -0.4 is 9.47 Å². The number of rotatable bonds is 3. The summed E-state index contributed by atoms with van der Waals surface area (Å²) >= 11 is 6.11. The van der Waals surface area contributed by atoms with Crippen LogP contribution in [0.5, 0.6) is 11.5 Å². The minimum atomic E-state index is -0.655. The highest BCUT2D eigenvalue weighted by Crippen LogP contribution is 2.38. The minimum absolute atomic E-state index is 0.0325. The summed E-state index contributed by atoms with van der Waals surface area (Å²) < 4.78 is 24.4. The molecule has 4 nitrogen and oxygen atoms in total. The van der Waals surface area contributed by atoms with Crippen LogP contribution in [0.4, 0.5) is 4.39 Å². The number of halogens is 2. The number of benzene rings is 1. The Kier molecular flexibility index (Phi) is 4.06. The summed E-state index contributed by atoms with van der Waals surface area (Å²) in [5.41, 5.74) is 0.631. The average molecular weight is 320 g/mol. The smallest absolute Gasteiger partial charge is 0.188 e. The van der Waals surface area contributed by atoms with Crippen molar-refractivity contribution in [3.05, 3.63) is 58.6 Å². The molecular weight excluding hydrogens is 309 g/mol. The van der Waals surface area contributed by atoms with Gasteiger partial charge < -0.3 is 9.47 Å². The highest BCUT2D eigenvalue weighted by molar-refractivity contribution is 6.32. The highest BCUT2D eigenvalue weighted by Gasteiger charge is 2.16. The second-order valence-electron chi connectivity index (χ2n) is 4.58. The van der Waals surface area contributed by atoms with Gasteiger partial charge in [-0.3, -0.25) is 9.78 Å². The lowest BCUT2D eigenvalue weighted by Gasteiger charge is -2.19. The predicted octanol–water partition coefficient (Wildman–Crippen LogP) is 3.54. The molecule has 0 atom stereocenters. The van der Waals surface area contributed by atoms with Crippen molar-refractivity contribution < 1.29 is 18.7 Å². The van der Waals surface area contributed by atoms with Crippen LogP contribution in [-0.4, -0.2) is 24.0 Å². The van der Waals surface area contributed by atoms with Gasteiger partial charge in [0, 0.05) is 6.20 Å². The number of hydrogen-bond donors (Lipinski definition) is 0. The minimum Gasteiger partial charge on any atom is -0.486 e. The van der Waals surface area contributed by atoms with Crippen LogP contribution in [0.25, 0.3) is 6.08 Å². The predicted molar refractivity (Wildman–Crippen MR) is 80.0 cm³/mol. The zero-order valence-electron chi connectivity index (χ0n) is 11.4. The van der Waals surface area contributed by atoms with Crippen LogP contribution in [0.15, 0.2) is 36.7 Å². The van der Waals surface area contributed by atoms with Crippen molar-refractivity contribution in [1.82, 2.24) is 4.98 Å². The van der Waals surface area contributed by atoms with Crippen LogP contribution in [0, 0.1) is 5.82 Å². The average Bonchev–Trinajstić information content (AvgIpc) is 2.53. The van der Waals surface area contributed by atoms with Crippen molar-refractivity contribution in [1.29, 1.82) is 0 Å². The number of aromatic nitrogens is 1. The number of hydrogen-bond acceptors (Lipinski definition) is 4. The van der Waals surface area contributed by atoms with Crippen molar-refractivity contribution in [3.63, 3.8) is 0 Å². The summed E-state index contributed by atoms with van der Waals surface area (Å²) in [6.45, 7) is 0.888. The molecule has 0 aliphatic carbocycles. The van der Waals surface area contributed by atoms with Crippen LogP contribution in [-0.2, 0) is 0 Å². The van der Waals surface area contributed by atoms with Crippen molar-refractivity contribution >= 4 is 23.5 Å². The third kappa shape index (κ3) is 2.94. The van der Waals surface area contributed by atoms with E-state index in [0.29, 0.717) is 35.3 Å².